The first-order valence-electron chi connectivity index (χ1n) is 10.4. The molecule has 1 N–H and O–H groups in total. The Hall–Kier alpha value is -3.13. The highest BCUT2D eigenvalue weighted by Crippen LogP contribution is 2.28. The summed E-state index contributed by atoms with van der Waals surface area (Å²) in [5.74, 6) is 1.10. The number of hydrogen-bond donors (Lipinski definition) is 1. The van der Waals surface area contributed by atoms with Crippen LogP contribution in [0.5, 0.6) is 0 Å². The number of aromatic nitrogens is 3. The van der Waals surface area contributed by atoms with Crippen molar-refractivity contribution in [3.05, 3.63) is 60.7 Å². The van der Waals surface area contributed by atoms with Gasteiger partial charge in [0.15, 0.2) is 11.0 Å². The number of thioether (sulfide) groups is 1. The second-order valence-corrected chi connectivity index (χ2v) is 8.43. The van der Waals surface area contributed by atoms with Crippen LogP contribution in [0.3, 0.4) is 0 Å². The fourth-order valence-corrected chi connectivity index (χ4v) is 4.58. The lowest BCUT2D eigenvalue weighted by molar-refractivity contribution is -0.129. The van der Waals surface area contributed by atoms with Gasteiger partial charge in [-0.05, 0) is 25.0 Å². The molecule has 1 fully saturated rings. The van der Waals surface area contributed by atoms with Crippen LogP contribution in [-0.4, -0.2) is 56.4 Å². The zero-order chi connectivity index (χ0) is 21.6. The number of hydrogen-bond acceptors (Lipinski definition) is 5. The maximum absolute atomic E-state index is 12.8. The highest BCUT2D eigenvalue weighted by molar-refractivity contribution is 7.99. The van der Waals surface area contributed by atoms with Gasteiger partial charge in [-0.25, -0.2) is 0 Å². The zero-order valence-corrected chi connectivity index (χ0v) is 18.2. The predicted octanol–water partition coefficient (Wildman–Crippen LogP) is 3.15. The van der Waals surface area contributed by atoms with Gasteiger partial charge in [0.2, 0.25) is 11.8 Å². The SMILES string of the molecule is CC(=O)NC1CCN(C(=O)CSc2nnc(-c3ccccc3)n2-c2ccccc2)CC1. The van der Waals surface area contributed by atoms with Gasteiger partial charge >= 0.3 is 0 Å². The van der Waals surface area contributed by atoms with Crippen LogP contribution < -0.4 is 5.32 Å². The molecule has 1 saturated heterocycles. The van der Waals surface area contributed by atoms with Gasteiger partial charge < -0.3 is 10.2 Å². The molecule has 0 bridgehead atoms. The number of amides is 2. The maximum Gasteiger partial charge on any atom is 0.233 e. The van der Waals surface area contributed by atoms with Crippen molar-refractivity contribution in [1.29, 1.82) is 0 Å². The van der Waals surface area contributed by atoms with Crippen molar-refractivity contribution in [2.45, 2.75) is 31.0 Å². The summed E-state index contributed by atoms with van der Waals surface area (Å²) in [5, 5.41) is 12.4. The summed E-state index contributed by atoms with van der Waals surface area (Å²) in [6.45, 7) is 2.84. The topological polar surface area (TPSA) is 80.1 Å². The molecule has 0 atom stereocenters. The van der Waals surface area contributed by atoms with Gasteiger partial charge in [-0.3, -0.25) is 14.2 Å². The van der Waals surface area contributed by atoms with Gasteiger partial charge in [0.05, 0.1) is 5.75 Å². The molecule has 160 valence electrons. The van der Waals surface area contributed by atoms with E-state index < -0.39 is 0 Å². The summed E-state index contributed by atoms with van der Waals surface area (Å²) in [7, 11) is 0. The molecule has 2 heterocycles. The molecule has 0 unspecified atom stereocenters. The molecule has 2 aromatic carbocycles. The van der Waals surface area contributed by atoms with Gasteiger partial charge in [0, 0.05) is 37.3 Å². The Balaban J connectivity index is 1.47. The fraction of sp³-hybridized carbons (Fsp3) is 0.304. The van der Waals surface area contributed by atoms with E-state index in [0.29, 0.717) is 24.0 Å². The third-order valence-corrected chi connectivity index (χ3v) is 6.17. The Morgan fingerprint density at radius 2 is 1.65 bits per heavy atom. The second kappa shape index (κ2) is 9.78. The van der Waals surface area contributed by atoms with E-state index in [2.05, 4.69) is 15.5 Å². The normalized spacial score (nSPS) is 14.4. The Labute approximate surface area is 185 Å². The third kappa shape index (κ3) is 5.14. The summed E-state index contributed by atoms with van der Waals surface area (Å²) < 4.78 is 2.00. The minimum absolute atomic E-state index is 0.0187. The summed E-state index contributed by atoms with van der Waals surface area (Å²) >= 11 is 1.40. The van der Waals surface area contributed by atoms with Crippen LogP contribution in [0, 0.1) is 0 Å². The summed E-state index contributed by atoms with van der Waals surface area (Å²) in [6, 6.07) is 20.0. The Morgan fingerprint density at radius 3 is 2.29 bits per heavy atom. The van der Waals surface area contributed by atoms with Crippen molar-refractivity contribution in [3.63, 3.8) is 0 Å². The lowest BCUT2D eigenvalue weighted by Gasteiger charge is -2.32. The van der Waals surface area contributed by atoms with E-state index in [-0.39, 0.29) is 17.9 Å². The monoisotopic (exact) mass is 435 g/mol. The molecule has 0 radical (unpaired) electrons. The Kier molecular flexibility index (Phi) is 6.66. The van der Waals surface area contributed by atoms with E-state index in [1.807, 2.05) is 70.1 Å². The van der Waals surface area contributed by atoms with E-state index in [0.717, 1.165) is 29.9 Å². The van der Waals surface area contributed by atoms with E-state index in [9.17, 15) is 9.59 Å². The standard InChI is InChI=1S/C23H25N5O2S/c1-17(29)24-19-12-14-27(15-13-19)21(30)16-31-23-26-25-22(18-8-4-2-5-9-18)28(23)20-10-6-3-7-11-20/h2-11,19H,12-16H2,1H3,(H,24,29). The number of para-hydroxylation sites is 1. The van der Waals surface area contributed by atoms with Crippen LogP contribution >= 0.6 is 11.8 Å². The maximum atomic E-state index is 12.8. The minimum Gasteiger partial charge on any atom is -0.353 e. The number of benzene rings is 2. The molecule has 7 nitrogen and oxygen atoms in total. The molecule has 1 aliphatic rings. The minimum atomic E-state index is -0.0187. The average Bonchev–Trinajstić information content (AvgIpc) is 3.23. The van der Waals surface area contributed by atoms with Gasteiger partial charge in [-0.15, -0.1) is 10.2 Å². The zero-order valence-electron chi connectivity index (χ0n) is 17.4. The van der Waals surface area contributed by atoms with Crippen molar-refractivity contribution < 1.29 is 9.59 Å². The molecule has 0 saturated carbocycles. The lowest BCUT2D eigenvalue weighted by Crippen LogP contribution is -2.46. The third-order valence-electron chi connectivity index (χ3n) is 5.26. The van der Waals surface area contributed by atoms with Crippen molar-refractivity contribution >= 4 is 23.6 Å². The van der Waals surface area contributed by atoms with E-state index in [1.165, 1.54) is 18.7 Å². The Morgan fingerprint density at radius 1 is 1.00 bits per heavy atom. The molecule has 31 heavy (non-hydrogen) atoms. The molecule has 3 aromatic rings. The first-order valence-corrected chi connectivity index (χ1v) is 11.3. The van der Waals surface area contributed by atoms with Gasteiger partial charge in [0.1, 0.15) is 0 Å². The largest absolute Gasteiger partial charge is 0.353 e. The summed E-state index contributed by atoms with van der Waals surface area (Å²) in [5.41, 5.74) is 1.93. The number of piperidine rings is 1. The quantitative estimate of drug-likeness (QED) is 0.602. The average molecular weight is 436 g/mol. The van der Waals surface area contributed by atoms with Crippen LogP contribution in [-0.2, 0) is 9.59 Å². The molecular formula is C23H25N5O2S. The first-order chi connectivity index (χ1) is 15.1. The number of rotatable bonds is 6. The highest BCUT2D eigenvalue weighted by atomic mass is 32.2. The molecule has 0 aliphatic carbocycles. The smallest absolute Gasteiger partial charge is 0.233 e. The van der Waals surface area contributed by atoms with Crippen LogP contribution in [0.4, 0.5) is 0 Å². The molecule has 0 spiro atoms. The highest BCUT2D eigenvalue weighted by Gasteiger charge is 2.24. The number of likely N-dealkylation sites (tertiary alicyclic amines) is 1. The molecule has 1 aliphatic heterocycles. The lowest BCUT2D eigenvalue weighted by atomic mass is 10.1. The van der Waals surface area contributed by atoms with Crippen molar-refractivity contribution in [2.24, 2.45) is 0 Å². The number of carbonyl (C=O) groups is 2. The number of nitrogens with zero attached hydrogens (tertiary/aromatic N) is 4. The number of nitrogens with one attached hydrogen (secondary N) is 1. The summed E-state index contributed by atoms with van der Waals surface area (Å²) in [4.78, 5) is 25.9. The number of carbonyl (C=O) groups excluding carboxylic acids is 2. The van der Waals surface area contributed by atoms with Crippen molar-refractivity contribution in [1.82, 2.24) is 25.0 Å². The van der Waals surface area contributed by atoms with Gasteiger partial charge in [0.25, 0.3) is 0 Å². The van der Waals surface area contributed by atoms with Crippen molar-refractivity contribution in [3.8, 4) is 17.1 Å². The van der Waals surface area contributed by atoms with E-state index >= 15 is 0 Å². The van der Waals surface area contributed by atoms with Gasteiger partial charge in [-0.2, -0.15) is 0 Å². The Bertz CT molecular complexity index is 1030. The predicted molar refractivity (Wildman–Crippen MR) is 121 cm³/mol. The molecule has 2 amide bonds. The second-order valence-electron chi connectivity index (χ2n) is 7.49. The van der Waals surface area contributed by atoms with Crippen LogP contribution in [0.2, 0.25) is 0 Å². The van der Waals surface area contributed by atoms with Crippen LogP contribution in [0.25, 0.3) is 17.1 Å². The molecular weight excluding hydrogens is 410 g/mol. The molecule has 1 aromatic heterocycles. The van der Waals surface area contributed by atoms with Crippen LogP contribution in [0.15, 0.2) is 65.8 Å². The molecule has 8 heteroatoms. The first kappa shape index (κ1) is 21.1. The fourth-order valence-electron chi connectivity index (χ4n) is 3.73. The van der Waals surface area contributed by atoms with E-state index in [1.54, 1.807) is 0 Å². The molecule has 4 rings (SSSR count). The van der Waals surface area contributed by atoms with Gasteiger partial charge in [-0.1, -0.05) is 60.3 Å². The van der Waals surface area contributed by atoms with Crippen LogP contribution in [0.1, 0.15) is 19.8 Å². The van der Waals surface area contributed by atoms with E-state index in [4.69, 9.17) is 0 Å². The summed E-state index contributed by atoms with van der Waals surface area (Å²) in [6.07, 6.45) is 1.57. The van der Waals surface area contributed by atoms with Crippen molar-refractivity contribution in [2.75, 3.05) is 18.8 Å².